The number of halogens is 1. The summed E-state index contributed by atoms with van der Waals surface area (Å²) >= 11 is 7.92. The number of aromatic nitrogens is 1. The summed E-state index contributed by atoms with van der Waals surface area (Å²) in [6.07, 6.45) is 0. The number of thiophene rings is 1. The summed E-state index contributed by atoms with van der Waals surface area (Å²) in [5.41, 5.74) is 3.27. The van der Waals surface area contributed by atoms with Gasteiger partial charge in [0.05, 0.1) is 22.3 Å². The van der Waals surface area contributed by atoms with Gasteiger partial charge in [0.15, 0.2) is 0 Å². The lowest BCUT2D eigenvalue weighted by atomic mass is 10.0. The molecule has 0 bridgehead atoms. The van der Waals surface area contributed by atoms with Gasteiger partial charge in [-0.25, -0.2) is 0 Å². The molecule has 0 radical (unpaired) electrons. The van der Waals surface area contributed by atoms with Crippen molar-refractivity contribution in [1.82, 2.24) is 10.3 Å². The second-order valence-electron chi connectivity index (χ2n) is 4.74. The maximum atomic E-state index is 6.26. The van der Waals surface area contributed by atoms with Crippen molar-refractivity contribution >= 4 is 33.8 Å². The van der Waals surface area contributed by atoms with Gasteiger partial charge in [-0.05, 0) is 43.1 Å². The molecule has 1 unspecified atom stereocenters. The minimum atomic E-state index is 0.0332. The van der Waals surface area contributed by atoms with Crippen LogP contribution in [-0.2, 0) is 0 Å². The SMILES string of the molecule is CNC(c1cc(C)c2ccccc2n1)c1sccc1Cl. The summed E-state index contributed by atoms with van der Waals surface area (Å²) in [7, 11) is 1.94. The third-order valence-corrected chi connectivity index (χ3v) is 4.86. The fraction of sp³-hybridized carbons (Fsp3) is 0.188. The van der Waals surface area contributed by atoms with Gasteiger partial charge in [-0.3, -0.25) is 4.98 Å². The number of benzene rings is 1. The van der Waals surface area contributed by atoms with Crippen LogP contribution in [0.4, 0.5) is 0 Å². The Hall–Kier alpha value is -1.42. The molecule has 2 nitrogen and oxygen atoms in total. The molecule has 3 aromatic rings. The maximum Gasteiger partial charge on any atom is 0.0858 e. The van der Waals surface area contributed by atoms with E-state index in [1.165, 1.54) is 10.9 Å². The normalized spacial score (nSPS) is 12.8. The number of nitrogens with zero attached hydrogens (tertiary/aromatic N) is 1. The lowest BCUT2D eigenvalue weighted by Crippen LogP contribution is -2.18. The van der Waals surface area contributed by atoms with E-state index in [9.17, 15) is 0 Å². The van der Waals surface area contributed by atoms with Crippen molar-refractivity contribution in [3.63, 3.8) is 0 Å². The Morgan fingerprint density at radius 3 is 2.75 bits per heavy atom. The first kappa shape index (κ1) is 13.6. The highest BCUT2D eigenvalue weighted by atomic mass is 35.5. The second kappa shape index (κ2) is 5.52. The van der Waals surface area contributed by atoms with Gasteiger partial charge >= 0.3 is 0 Å². The number of aryl methyl sites for hydroxylation is 1. The lowest BCUT2D eigenvalue weighted by molar-refractivity contribution is 0.685. The fourth-order valence-electron chi connectivity index (χ4n) is 2.45. The minimum absolute atomic E-state index is 0.0332. The van der Waals surface area contributed by atoms with E-state index in [0.29, 0.717) is 0 Å². The van der Waals surface area contributed by atoms with Crippen molar-refractivity contribution in [2.75, 3.05) is 7.05 Å². The van der Waals surface area contributed by atoms with Crippen molar-refractivity contribution < 1.29 is 0 Å². The first-order valence-electron chi connectivity index (χ1n) is 6.47. The number of hydrogen-bond donors (Lipinski definition) is 1. The number of rotatable bonds is 3. The highest BCUT2D eigenvalue weighted by Crippen LogP contribution is 2.33. The number of nitrogens with one attached hydrogen (secondary N) is 1. The molecule has 0 spiro atoms. The smallest absolute Gasteiger partial charge is 0.0858 e. The first-order valence-corrected chi connectivity index (χ1v) is 7.73. The Morgan fingerprint density at radius 1 is 1.25 bits per heavy atom. The monoisotopic (exact) mass is 302 g/mol. The van der Waals surface area contributed by atoms with E-state index in [2.05, 4.69) is 30.4 Å². The van der Waals surface area contributed by atoms with Crippen molar-refractivity contribution in [3.8, 4) is 0 Å². The van der Waals surface area contributed by atoms with E-state index in [1.54, 1.807) is 11.3 Å². The molecule has 0 aliphatic heterocycles. The molecular weight excluding hydrogens is 288 g/mol. The Bertz CT molecular complexity index is 751. The predicted octanol–water partition coefficient (Wildman–Crippen LogP) is 4.57. The van der Waals surface area contributed by atoms with Crippen LogP contribution in [0, 0.1) is 6.92 Å². The summed E-state index contributed by atoms with van der Waals surface area (Å²) in [6, 6.07) is 12.3. The zero-order valence-corrected chi connectivity index (χ0v) is 12.9. The van der Waals surface area contributed by atoms with Gasteiger partial charge in [-0.2, -0.15) is 0 Å². The van der Waals surface area contributed by atoms with Crippen LogP contribution in [0.1, 0.15) is 22.2 Å². The average molecular weight is 303 g/mol. The minimum Gasteiger partial charge on any atom is -0.307 e. The van der Waals surface area contributed by atoms with Crippen molar-refractivity contribution in [3.05, 3.63) is 62.9 Å². The van der Waals surface area contributed by atoms with Crippen LogP contribution in [0.25, 0.3) is 10.9 Å². The molecule has 1 atom stereocenters. The molecule has 2 heterocycles. The van der Waals surface area contributed by atoms with Gasteiger partial charge < -0.3 is 5.32 Å². The van der Waals surface area contributed by atoms with Crippen LogP contribution in [-0.4, -0.2) is 12.0 Å². The summed E-state index contributed by atoms with van der Waals surface area (Å²) in [4.78, 5) is 5.90. The van der Waals surface area contributed by atoms with Crippen LogP contribution in [0.3, 0.4) is 0 Å². The van der Waals surface area contributed by atoms with Crippen LogP contribution in [0.2, 0.25) is 5.02 Å². The van der Waals surface area contributed by atoms with Gasteiger partial charge in [-0.1, -0.05) is 29.8 Å². The molecule has 0 fully saturated rings. The molecule has 0 aliphatic rings. The van der Waals surface area contributed by atoms with E-state index < -0.39 is 0 Å². The van der Waals surface area contributed by atoms with Gasteiger partial charge in [0.2, 0.25) is 0 Å². The van der Waals surface area contributed by atoms with Crippen LogP contribution in [0.5, 0.6) is 0 Å². The van der Waals surface area contributed by atoms with E-state index in [4.69, 9.17) is 16.6 Å². The molecule has 2 aromatic heterocycles. The Morgan fingerprint density at radius 2 is 2.05 bits per heavy atom. The summed E-state index contributed by atoms with van der Waals surface area (Å²) < 4.78 is 0. The molecule has 20 heavy (non-hydrogen) atoms. The molecule has 3 rings (SSSR count). The quantitative estimate of drug-likeness (QED) is 0.767. The molecule has 0 aliphatic carbocycles. The molecule has 102 valence electrons. The molecule has 0 saturated heterocycles. The predicted molar refractivity (Wildman–Crippen MR) is 86.7 cm³/mol. The number of fused-ring (bicyclic) bond motifs is 1. The zero-order chi connectivity index (χ0) is 14.1. The van der Waals surface area contributed by atoms with E-state index in [0.717, 1.165) is 21.1 Å². The van der Waals surface area contributed by atoms with Crippen molar-refractivity contribution in [2.24, 2.45) is 0 Å². The topological polar surface area (TPSA) is 24.9 Å². The highest BCUT2D eigenvalue weighted by molar-refractivity contribution is 7.10. The van der Waals surface area contributed by atoms with Crippen LogP contribution >= 0.6 is 22.9 Å². The maximum absolute atomic E-state index is 6.26. The lowest BCUT2D eigenvalue weighted by Gasteiger charge is -2.16. The molecule has 0 saturated carbocycles. The fourth-order valence-corrected chi connectivity index (χ4v) is 3.73. The van der Waals surface area contributed by atoms with Crippen molar-refractivity contribution in [1.29, 1.82) is 0 Å². The Kier molecular flexibility index (Phi) is 3.74. The number of hydrogen-bond acceptors (Lipinski definition) is 3. The average Bonchev–Trinajstić information content (AvgIpc) is 2.86. The first-order chi connectivity index (χ1) is 9.70. The Balaban J connectivity index is 2.15. The largest absolute Gasteiger partial charge is 0.307 e. The second-order valence-corrected chi connectivity index (χ2v) is 6.09. The van der Waals surface area contributed by atoms with Gasteiger partial charge in [-0.15, -0.1) is 11.3 Å². The number of pyridine rings is 1. The summed E-state index contributed by atoms with van der Waals surface area (Å²) in [5.74, 6) is 0. The third-order valence-electron chi connectivity index (χ3n) is 3.43. The third kappa shape index (κ3) is 2.33. The molecular formula is C16H15ClN2S. The molecule has 4 heteroatoms. The van der Waals surface area contributed by atoms with Crippen molar-refractivity contribution in [2.45, 2.75) is 13.0 Å². The van der Waals surface area contributed by atoms with E-state index in [1.807, 2.05) is 30.6 Å². The van der Waals surface area contributed by atoms with E-state index in [-0.39, 0.29) is 6.04 Å². The van der Waals surface area contributed by atoms with Gasteiger partial charge in [0.25, 0.3) is 0 Å². The number of para-hydroxylation sites is 1. The molecule has 1 aromatic carbocycles. The molecule has 0 amide bonds. The Labute approximate surface area is 127 Å². The highest BCUT2D eigenvalue weighted by Gasteiger charge is 2.18. The zero-order valence-electron chi connectivity index (χ0n) is 11.4. The van der Waals surface area contributed by atoms with Crippen LogP contribution in [0.15, 0.2) is 41.8 Å². The summed E-state index contributed by atoms with van der Waals surface area (Å²) in [5, 5.41) is 7.32. The standard InChI is InChI=1S/C16H15ClN2S/c1-10-9-14(19-13-6-4-3-5-11(10)13)15(18-2)16-12(17)7-8-20-16/h3-9,15,18H,1-2H3. The summed E-state index contributed by atoms with van der Waals surface area (Å²) in [6.45, 7) is 2.12. The van der Waals surface area contributed by atoms with E-state index >= 15 is 0 Å². The van der Waals surface area contributed by atoms with Crippen LogP contribution < -0.4 is 5.32 Å². The molecule has 1 N–H and O–H groups in total. The van der Waals surface area contributed by atoms with Gasteiger partial charge in [0, 0.05) is 10.3 Å². The van der Waals surface area contributed by atoms with Gasteiger partial charge in [0.1, 0.15) is 0 Å².